The van der Waals surface area contributed by atoms with Gasteiger partial charge in [0, 0.05) is 125 Å². The first-order valence-electron chi connectivity index (χ1n) is 53.4. The van der Waals surface area contributed by atoms with Crippen LogP contribution in [0.4, 0.5) is 0 Å². The van der Waals surface area contributed by atoms with E-state index in [0.717, 1.165) is 67.2 Å². The number of aryl methyl sites for hydroxylation is 5. The molecule has 0 atom stereocenters. The van der Waals surface area contributed by atoms with Crippen molar-refractivity contribution in [1.82, 2.24) is 28.5 Å². The highest BCUT2D eigenvalue weighted by molar-refractivity contribution is 6.13. The molecule has 0 amide bonds. The van der Waals surface area contributed by atoms with E-state index in [4.69, 9.17) is 9.15 Å². The van der Waals surface area contributed by atoms with Gasteiger partial charge in [0.1, 0.15) is 5.75 Å². The number of benzene rings is 14. The normalized spacial score (nSPS) is 12.4. The molecule has 0 saturated heterocycles. The van der Waals surface area contributed by atoms with Crippen molar-refractivity contribution in [3.63, 3.8) is 0 Å². The zero-order chi connectivity index (χ0) is 93.9. The fraction of sp³-hybridized carbons (Fsp3) is 0.338. The lowest BCUT2D eigenvalue weighted by Crippen LogP contribution is -2.28. The molecule has 1 aliphatic rings. The number of fused-ring (bicyclic) bond motifs is 15. The molecular formula is C130H142N6O2. The summed E-state index contributed by atoms with van der Waals surface area (Å²) >= 11 is 0. The lowest BCUT2D eigenvalue weighted by atomic mass is 9.67. The van der Waals surface area contributed by atoms with E-state index in [1.807, 2.05) is 30.3 Å². The van der Waals surface area contributed by atoms with Crippen molar-refractivity contribution in [3.05, 3.63) is 331 Å². The summed E-state index contributed by atoms with van der Waals surface area (Å²) in [5, 5.41) is 19.6. The number of ether oxygens (including phenoxy) is 1. The zero-order valence-electron chi connectivity index (χ0n) is 83.0. The van der Waals surface area contributed by atoms with Gasteiger partial charge < -0.3 is 27.4 Å². The number of hydrogen-bond donors (Lipinski definition) is 0. The lowest BCUT2D eigenvalue weighted by molar-refractivity contribution is 0.304. The first kappa shape index (κ1) is 94.2. The SMILES string of the molecule is CCCCCCCCCCOc1ccc(C2(c3ccc(C)cc3)c3cc(-c4ccc5c(c4)c4ccccc4n5CCCCCCCC)ccc3-c3ccc(-c4ccc5c(c4)c4ccccc4n5CCCCCCCC)cc32)cc1.CCCCCCCCn1c2ccccc2c2cc(-c3cc(-c4ccc5c(c4)c4ccccc4n5CCCCCCCC)cc(-c4nnc(-c5ccccc5)o4)c3)ccc21. The molecule has 5 aromatic heterocycles. The van der Waals surface area contributed by atoms with Crippen molar-refractivity contribution < 1.29 is 9.15 Å². The average Bonchev–Trinajstić information content (AvgIpc) is 1.52. The van der Waals surface area contributed by atoms with E-state index in [1.54, 1.807) is 0 Å². The van der Waals surface area contributed by atoms with E-state index in [2.05, 4.69) is 343 Å². The Bertz CT molecular complexity index is 6970. The summed E-state index contributed by atoms with van der Waals surface area (Å²) in [5.41, 5.74) is 30.4. The van der Waals surface area contributed by atoms with Gasteiger partial charge in [-0.3, -0.25) is 0 Å². The van der Waals surface area contributed by atoms with Gasteiger partial charge in [0.15, 0.2) is 0 Å². The van der Waals surface area contributed by atoms with Crippen LogP contribution in [0.25, 0.3) is 166 Å². The largest absolute Gasteiger partial charge is 0.494 e. The summed E-state index contributed by atoms with van der Waals surface area (Å²) in [6.45, 7) is 18.6. The van der Waals surface area contributed by atoms with Crippen molar-refractivity contribution in [1.29, 1.82) is 0 Å². The molecule has 0 aliphatic heterocycles. The Hall–Kier alpha value is -12.8. The molecule has 138 heavy (non-hydrogen) atoms. The van der Waals surface area contributed by atoms with Crippen LogP contribution in [0.3, 0.4) is 0 Å². The summed E-state index contributed by atoms with van der Waals surface area (Å²) in [6.07, 6.45) is 41.3. The smallest absolute Gasteiger partial charge is 0.248 e. The third-order valence-electron chi connectivity index (χ3n) is 30.2. The second-order valence-corrected chi connectivity index (χ2v) is 39.7. The first-order valence-corrected chi connectivity index (χ1v) is 53.4. The van der Waals surface area contributed by atoms with Gasteiger partial charge in [-0.1, -0.05) is 389 Å². The highest BCUT2D eigenvalue weighted by Crippen LogP contribution is 2.58. The summed E-state index contributed by atoms with van der Waals surface area (Å²) in [5.74, 6) is 1.98. The molecule has 0 radical (unpaired) electrons. The molecule has 704 valence electrons. The van der Waals surface area contributed by atoms with Crippen LogP contribution in [0.15, 0.2) is 308 Å². The van der Waals surface area contributed by atoms with Crippen LogP contribution in [-0.2, 0) is 31.6 Å². The van der Waals surface area contributed by atoms with Crippen LogP contribution >= 0.6 is 0 Å². The Morgan fingerprint density at radius 2 is 0.514 bits per heavy atom. The first-order chi connectivity index (χ1) is 68.2. The Morgan fingerprint density at radius 3 is 0.877 bits per heavy atom. The fourth-order valence-corrected chi connectivity index (χ4v) is 22.7. The molecular weight excluding hydrogens is 1680 g/mol. The number of hydrogen-bond acceptors (Lipinski definition) is 4. The predicted octanol–water partition coefficient (Wildman–Crippen LogP) is 37.8. The highest BCUT2D eigenvalue weighted by atomic mass is 16.5. The van der Waals surface area contributed by atoms with E-state index in [-0.39, 0.29) is 0 Å². The van der Waals surface area contributed by atoms with Gasteiger partial charge >= 0.3 is 0 Å². The summed E-state index contributed by atoms with van der Waals surface area (Å²) < 4.78 is 23.2. The third kappa shape index (κ3) is 20.3. The molecule has 0 fully saturated rings. The lowest BCUT2D eigenvalue weighted by Gasteiger charge is -2.34. The molecule has 0 bridgehead atoms. The Balaban J connectivity index is 0.000000184. The Morgan fingerprint density at radius 1 is 0.232 bits per heavy atom. The van der Waals surface area contributed by atoms with Crippen molar-refractivity contribution in [3.8, 4) is 84.3 Å². The zero-order valence-corrected chi connectivity index (χ0v) is 83.0. The highest BCUT2D eigenvalue weighted by Gasteiger charge is 2.47. The van der Waals surface area contributed by atoms with Crippen LogP contribution in [0.1, 0.15) is 268 Å². The minimum absolute atomic E-state index is 0.514. The van der Waals surface area contributed by atoms with E-state index in [1.165, 1.54) is 359 Å². The van der Waals surface area contributed by atoms with Gasteiger partial charge in [0.2, 0.25) is 11.8 Å². The number of para-hydroxylation sites is 4. The topological polar surface area (TPSA) is 67.9 Å². The summed E-state index contributed by atoms with van der Waals surface area (Å²) in [6, 6.07) is 115. The van der Waals surface area contributed by atoms with Crippen LogP contribution in [0.5, 0.6) is 5.75 Å². The molecule has 5 heterocycles. The van der Waals surface area contributed by atoms with Crippen molar-refractivity contribution >= 4 is 87.2 Å². The standard InChI is InChI=1S/C76H86N2O.C54H56N4O/c1-5-8-11-14-17-18-21-28-51-79-63-43-41-62(42-44-63)76(61-39-33-56(4)34-40-61)70-54-59(57-37-47-74-68(52-57)66-29-22-24-31-72(66)77(74)49-26-19-15-12-9-6-2)35-45-64(70)65-46-36-60(55-71(65)76)58-38-48-75-69(53-58)67-30-23-25-32-73(67)78(75)50-27-20-16-13-10-7-3;1-3-5-7-9-11-20-32-57-49-26-18-16-24-45(49)47-37-40(28-30-51(47)57)42-34-43(36-44(35-42)54-56-55-53(59-54)39-22-14-13-15-23-39)41-29-31-52-48(38-41)46-25-17-19-27-50(46)58(52)33-21-12-10-8-6-4-2/h22-25,29-48,52-55H,5-21,26-28,49-51H2,1-4H3;13-19,22-31,34-38H,3-12,20-21,32-33H2,1-2H3. The third-order valence-corrected chi connectivity index (χ3v) is 30.2. The number of aromatic nitrogens is 6. The molecule has 0 unspecified atom stereocenters. The van der Waals surface area contributed by atoms with E-state index in [0.29, 0.717) is 11.8 Å². The van der Waals surface area contributed by atoms with Gasteiger partial charge in [-0.2, -0.15) is 0 Å². The van der Waals surface area contributed by atoms with E-state index < -0.39 is 5.41 Å². The molecule has 8 nitrogen and oxygen atoms in total. The maximum atomic E-state index is 6.53. The minimum Gasteiger partial charge on any atom is -0.494 e. The molecule has 14 aromatic carbocycles. The number of nitrogens with zero attached hydrogens (tertiary/aromatic N) is 6. The quantitative estimate of drug-likeness (QED) is 0.0357. The monoisotopic (exact) mass is 1820 g/mol. The van der Waals surface area contributed by atoms with Crippen molar-refractivity contribution in [2.75, 3.05) is 6.61 Å². The number of rotatable bonds is 46. The Kier molecular flexibility index (Phi) is 30.9. The molecule has 20 rings (SSSR count). The van der Waals surface area contributed by atoms with Gasteiger partial charge in [-0.25, -0.2) is 0 Å². The van der Waals surface area contributed by atoms with Gasteiger partial charge in [0.25, 0.3) is 0 Å². The average molecular weight is 1820 g/mol. The maximum Gasteiger partial charge on any atom is 0.248 e. The van der Waals surface area contributed by atoms with Crippen LogP contribution < -0.4 is 4.74 Å². The van der Waals surface area contributed by atoms with Crippen molar-refractivity contribution in [2.45, 2.75) is 279 Å². The molecule has 8 heteroatoms. The second-order valence-electron chi connectivity index (χ2n) is 39.7. The second kappa shape index (κ2) is 45.2. The molecule has 0 N–H and O–H groups in total. The molecule has 0 spiro atoms. The minimum atomic E-state index is -0.602. The summed E-state index contributed by atoms with van der Waals surface area (Å²) in [7, 11) is 0. The maximum absolute atomic E-state index is 6.53. The van der Waals surface area contributed by atoms with Gasteiger partial charge in [-0.15, -0.1) is 10.2 Å². The Labute approximate surface area is 820 Å². The fourth-order valence-electron chi connectivity index (χ4n) is 22.7. The predicted molar refractivity (Wildman–Crippen MR) is 589 cm³/mol. The molecule has 19 aromatic rings. The van der Waals surface area contributed by atoms with E-state index in [9.17, 15) is 0 Å². The number of unbranched alkanes of at least 4 members (excludes halogenated alkanes) is 27. The van der Waals surface area contributed by atoms with Crippen LogP contribution in [0, 0.1) is 6.92 Å². The van der Waals surface area contributed by atoms with Crippen LogP contribution in [-0.4, -0.2) is 35.1 Å². The van der Waals surface area contributed by atoms with Gasteiger partial charge in [-0.05, 0) is 244 Å². The van der Waals surface area contributed by atoms with Gasteiger partial charge in [0.05, 0.1) is 12.0 Å². The van der Waals surface area contributed by atoms with Crippen molar-refractivity contribution in [2.24, 2.45) is 0 Å². The van der Waals surface area contributed by atoms with Crippen LogP contribution in [0.2, 0.25) is 0 Å². The summed E-state index contributed by atoms with van der Waals surface area (Å²) in [4.78, 5) is 0. The van der Waals surface area contributed by atoms with E-state index >= 15 is 0 Å². The molecule has 0 saturated carbocycles. The molecule has 1 aliphatic carbocycles.